The van der Waals surface area contributed by atoms with Crippen LogP contribution in [0.15, 0.2) is 6.33 Å². The molecule has 4 heteroatoms. The molecule has 4 bridgehead atoms. The largest absolute Gasteiger partial charge is 0.381 e. The summed E-state index contributed by atoms with van der Waals surface area (Å²) in [5.74, 6) is 2.99. The van der Waals surface area contributed by atoms with Gasteiger partial charge in [0.05, 0.1) is 5.69 Å². The maximum absolute atomic E-state index is 14.2. The quantitative estimate of drug-likeness (QED) is 0.830. The highest BCUT2D eigenvalue weighted by atomic mass is 19.1. The van der Waals surface area contributed by atoms with Crippen LogP contribution >= 0.6 is 0 Å². The second kappa shape index (κ2) is 3.65. The van der Waals surface area contributed by atoms with E-state index in [0.29, 0.717) is 23.4 Å². The zero-order chi connectivity index (χ0) is 12.3. The fourth-order valence-electron chi connectivity index (χ4n) is 5.00. The first-order valence-electron chi connectivity index (χ1n) is 6.98. The Balaban J connectivity index is 1.74. The fourth-order valence-corrected chi connectivity index (χ4v) is 5.00. The van der Waals surface area contributed by atoms with Crippen LogP contribution in [0.25, 0.3) is 0 Å². The third-order valence-electron chi connectivity index (χ3n) is 5.39. The van der Waals surface area contributed by atoms with E-state index in [1.165, 1.54) is 38.4 Å². The molecule has 4 aliphatic carbocycles. The predicted octanol–water partition coefficient (Wildman–Crippen LogP) is 2.74. The Morgan fingerprint density at radius 3 is 2.22 bits per heavy atom. The lowest BCUT2D eigenvalue weighted by Gasteiger charge is -2.54. The highest BCUT2D eigenvalue weighted by Gasteiger charge is 2.49. The van der Waals surface area contributed by atoms with Crippen LogP contribution in [0.3, 0.4) is 0 Å². The van der Waals surface area contributed by atoms with Crippen LogP contribution in [-0.2, 0) is 0 Å². The molecule has 2 N–H and O–H groups in total. The number of hydrogen-bond acceptors (Lipinski definition) is 3. The topological polar surface area (TPSA) is 51.8 Å². The lowest BCUT2D eigenvalue weighted by atomic mass is 9.51. The van der Waals surface area contributed by atoms with Crippen molar-refractivity contribution in [2.75, 3.05) is 5.73 Å². The Morgan fingerprint density at radius 2 is 1.61 bits per heavy atom. The zero-order valence-electron chi connectivity index (χ0n) is 10.3. The van der Waals surface area contributed by atoms with Gasteiger partial charge in [-0.2, -0.15) is 0 Å². The Hall–Kier alpha value is -1.19. The molecule has 0 atom stereocenters. The Morgan fingerprint density at radius 1 is 1.00 bits per heavy atom. The molecular formula is C14H18FN3. The van der Waals surface area contributed by atoms with Crippen LogP contribution in [0.5, 0.6) is 0 Å². The van der Waals surface area contributed by atoms with E-state index in [9.17, 15) is 4.39 Å². The summed E-state index contributed by atoms with van der Waals surface area (Å²) in [5, 5.41) is 0. The summed E-state index contributed by atoms with van der Waals surface area (Å²) >= 11 is 0. The molecule has 0 radical (unpaired) electrons. The van der Waals surface area contributed by atoms with E-state index in [1.54, 1.807) is 0 Å². The summed E-state index contributed by atoms with van der Waals surface area (Å²) in [7, 11) is 0. The molecule has 3 nitrogen and oxygen atoms in total. The first kappa shape index (κ1) is 10.7. The number of hydrogen-bond donors (Lipinski definition) is 1. The van der Waals surface area contributed by atoms with Crippen molar-refractivity contribution in [1.29, 1.82) is 0 Å². The molecular weight excluding hydrogens is 229 g/mol. The third kappa shape index (κ3) is 1.41. The van der Waals surface area contributed by atoms with Crippen LogP contribution in [0.4, 0.5) is 10.2 Å². The first-order valence-corrected chi connectivity index (χ1v) is 6.98. The van der Waals surface area contributed by atoms with Crippen molar-refractivity contribution in [3.8, 4) is 0 Å². The van der Waals surface area contributed by atoms with Crippen molar-refractivity contribution >= 4 is 5.82 Å². The summed E-state index contributed by atoms with van der Waals surface area (Å²) in [6.07, 6.45) is 7.89. The van der Waals surface area contributed by atoms with E-state index in [4.69, 9.17) is 5.73 Å². The number of nitrogens with two attached hydrogens (primary N) is 1. The van der Waals surface area contributed by atoms with Gasteiger partial charge in [-0.15, -0.1) is 0 Å². The van der Waals surface area contributed by atoms with E-state index < -0.39 is 0 Å². The number of nitrogen functional groups attached to an aromatic ring is 1. The molecule has 1 aromatic heterocycles. The van der Waals surface area contributed by atoms with Crippen molar-refractivity contribution in [3.63, 3.8) is 0 Å². The SMILES string of the molecule is Nc1ncnc(C2C3CC4CC(C3)CC2C4)c1F. The van der Waals surface area contributed by atoms with Crippen molar-refractivity contribution in [3.05, 3.63) is 17.8 Å². The van der Waals surface area contributed by atoms with Gasteiger partial charge in [0.15, 0.2) is 11.6 Å². The molecule has 0 saturated heterocycles. The van der Waals surface area contributed by atoms with Crippen LogP contribution < -0.4 is 5.73 Å². The minimum absolute atomic E-state index is 0.00815. The van der Waals surface area contributed by atoms with E-state index in [1.807, 2.05) is 0 Å². The second-order valence-electron chi connectivity index (χ2n) is 6.41. The highest BCUT2D eigenvalue weighted by molar-refractivity contribution is 5.33. The molecule has 96 valence electrons. The van der Waals surface area contributed by atoms with Crippen molar-refractivity contribution in [2.24, 2.45) is 23.7 Å². The molecule has 0 aliphatic heterocycles. The molecule has 0 amide bonds. The predicted molar refractivity (Wildman–Crippen MR) is 66.2 cm³/mol. The van der Waals surface area contributed by atoms with Gasteiger partial charge in [0.2, 0.25) is 0 Å². The van der Waals surface area contributed by atoms with Gasteiger partial charge in [0.1, 0.15) is 6.33 Å². The molecule has 18 heavy (non-hydrogen) atoms. The number of anilines is 1. The van der Waals surface area contributed by atoms with Crippen LogP contribution in [0.2, 0.25) is 0 Å². The van der Waals surface area contributed by atoms with Gasteiger partial charge in [0, 0.05) is 5.92 Å². The molecule has 1 aromatic rings. The third-order valence-corrected chi connectivity index (χ3v) is 5.39. The maximum atomic E-state index is 14.2. The number of rotatable bonds is 1. The summed E-state index contributed by atoms with van der Waals surface area (Å²) in [5.41, 5.74) is 6.18. The minimum Gasteiger partial charge on any atom is -0.381 e. The number of aromatic nitrogens is 2. The highest BCUT2D eigenvalue weighted by Crippen LogP contribution is 2.59. The van der Waals surface area contributed by atoms with Gasteiger partial charge in [-0.1, -0.05) is 0 Å². The average Bonchev–Trinajstić information content (AvgIpc) is 2.33. The standard InChI is InChI=1S/C14H18FN3/c15-12-13(17-6-18-14(12)16)11-9-2-7-1-8(4-9)5-10(11)3-7/h6-11H,1-5H2,(H2,16,17,18). The lowest BCUT2D eigenvalue weighted by Crippen LogP contribution is -2.44. The van der Waals surface area contributed by atoms with E-state index in [-0.39, 0.29) is 11.6 Å². The molecule has 5 rings (SSSR count). The Bertz CT molecular complexity index is 460. The van der Waals surface area contributed by atoms with Crippen molar-refractivity contribution in [1.82, 2.24) is 9.97 Å². The summed E-state index contributed by atoms with van der Waals surface area (Å²) in [6.45, 7) is 0. The van der Waals surface area contributed by atoms with Gasteiger partial charge >= 0.3 is 0 Å². The smallest absolute Gasteiger partial charge is 0.186 e. The Kier molecular flexibility index (Phi) is 2.17. The normalized spacial score (nSPS) is 41.3. The molecule has 1 heterocycles. The summed E-state index contributed by atoms with van der Waals surface area (Å²) < 4.78 is 14.2. The lowest BCUT2D eigenvalue weighted by molar-refractivity contribution is -0.00537. The monoisotopic (exact) mass is 247 g/mol. The molecule has 4 aliphatic rings. The number of halogens is 1. The van der Waals surface area contributed by atoms with E-state index in [2.05, 4.69) is 9.97 Å². The Labute approximate surface area is 106 Å². The fraction of sp³-hybridized carbons (Fsp3) is 0.714. The van der Waals surface area contributed by atoms with Gasteiger partial charge in [-0.25, -0.2) is 14.4 Å². The van der Waals surface area contributed by atoms with Gasteiger partial charge < -0.3 is 5.73 Å². The first-order chi connectivity index (χ1) is 8.72. The number of nitrogens with zero attached hydrogens (tertiary/aromatic N) is 2. The van der Waals surface area contributed by atoms with Crippen LogP contribution in [0, 0.1) is 29.5 Å². The summed E-state index contributed by atoms with van der Waals surface area (Å²) in [6, 6.07) is 0. The van der Waals surface area contributed by atoms with E-state index >= 15 is 0 Å². The van der Waals surface area contributed by atoms with E-state index in [0.717, 1.165) is 11.8 Å². The van der Waals surface area contributed by atoms with Gasteiger partial charge in [0.25, 0.3) is 0 Å². The van der Waals surface area contributed by atoms with Gasteiger partial charge in [-0.3, -0.25) is 0 Å². The molecule has 4 fully saturated rings. The second-order valence-corrected chi connectivity index (χ2v) is 6.41. The average molecular weight is 247 g/mol. The molecule has 0 aromatic carbocycles. The zero-order valence-corrected chi connectivity index (χ0v) is 10.3. The van der Waals surface area contributed by atoms with Crippen molar-refractivity contribution in [2.45, 2.75) is 38.0 Å². The van der Waals surface area contributed by atoms with Gasteiger partial charge in [-0.05, 0) is 55.8 Å². The maximum Gasteiger partial charge on any atom is 0.186 e. The minimum atomic E-state index is -0.366. The molecule has 0 spiro atoms. The molecule has 4 saturated carbocycles. The summed E-state index contributed by atoms with van der Waals surface area (Å²) in [4.78, 5) is 7.96. The van der Waals surface area contributed by atoms with Crippen LogP contribution in [-0.4, -0.2) is 9.97 Å². The van der Waals surface area contributed by atoms with Crippen molar-refractivity contribution < 1.29 is 4.39 Å². The molecule has 0 unspecified atom stereocenters. The van der Waals surface area contributed by atoms with Crippen LogP contribution in [0.1, 0.15) is 43.7 Å².